The van der Waals surface area contributed by atoms with Gasteiger partial charge in [0, 0.05) is 43.9 Å². The number of piperidine rings is 1. The number of imidazole rings is 1. The standard InChI is InChI=1S/C22H29N5O2/c1-14(2)7-8-26-12-16-9-17(13-26)20(27-19(16)5-4-6-21(27)28)11-24-22(29)18-10-23-15(3)25-18/h4-7,10,16-17,20H,8-9,11-13H2,1-3H3,(H,23,25)(H,24,29)/t16-,17+,20+/m1/s1. The molecule has 1 amide bonds. The van der Waals surface area contributed by atoms with Crippen molar-refractivity contribution >= 4 is 5.91 Å². The molecule has 0 aliphatic carbocycles. The van der Waals surface area contributed by atoms with E-state index in [2.05, 4.69) is 46.2 Å². The number of rotatable bonds is 5. The average molecular weight is 396 g/mol. The van der Waals surface area contributed by atoms with Crippen LogP contribution in [0.3, 0.4) is 0 Å². The van der Waals surface area contributed by atoms with Crippen LogP contribution in [0.5, 0.6) is 0 Å². The van der Waals surface area contributed by atoms with Crippen molar-refractivity contribution < 1.29 is 4.79 Å². The number of allylic oxidation sites excluding steroid dienone is 1. The van der Waals surface area contributed by atoms with Gasteiger partial charge in [-0.1, -0.05) is 17.7 Å². The Balaban J connectivity index is 1.58. The molecule has 4 heterocycles. The van der Waals surface area contributed by atoms with Gasteiger partial charge in [-0.05, 0) is 39.2 Å². The molecule has 0 spiro atoms. The van der Waals surface area contributed by atoms with Crippen LogP contribution in [0.25, 0.3) is 0 Å². The van der Waals surface area contributed by atoms with Crippen LogP contribution in [-0.2, 0) is 0 Å². The maximum Gasteiger partial charge on any atom is 0.269 e. The van der Waals surface area contributed by atoms with Crippen LogP contribution in [0.2, 0.25) is 0 Å². The largest absolute Gasteiger partial charge is 0.349 e. The lowest BCUT2D eigenvalue weighted by atomic mass is 9.78. The van der Waals surface area contributed by atoms with E-state index in [-0.39, 0.29) is 17.5 Å². The number of carbonyl (C=O) groups excluding carboxylic acids is 1. The molecule has 154 valence electrons. The molecule has 2 aromatic rings. The van der Waals surface area contributed by atoms with E-state index in [1.807, 2.05) is 17.6 Å². The molecule has 1 fully saturated rings. The van der Waals surface area contributed by atoms with Gasteiger partial charge in [-0.25, -0.2) is 4.98 Å². The lowest BCUT2D eigenvalue weighted by Crippen LogP contribution is -2.52. The van der Waals surface area contributed by atoms with E-state index in [1.54, 1.807) is 12.3 Å². The van der Waals surface area contributed by atoms with Crippen molar-refractivity contribution in [1.82, 2.24) is 24.8 Å². The van der Waals surface area contributed by atoms with Crippen LogP contribution >= 0.6 is 0 Å². The average Bonchev–Trinajstić information content (AvgIpc) is 3.13. The number of aryl methyl sites for hydroxylation is 1. The predicted octanol–water partition coefficient (Wildman–Crippen LogP) is 2.24. The summed E-state index contributed by atoms with van der Waals surface area (Å²) >= 11 is 0. The molecular formula is C22H29N5O2. The first-order valence-electron chi connectivity index (χ1n) is 10.3. The van der Waals surface area contributed by atoms with Crippen LogP contribution in [0, 0.1) is 12.8 Å². The maximum absolute atomic E-state index is 12.7. The van der Waals surface area contributed by atoms with Crippen molar-refractivity contribution in [2.24, 2.45) is 5.92 Å². The molecule has 1 saturated heterocycles. The molecule has 0 unspecified atom stereocenters. The van der Waals surface area contributed by atoms with E-state index >= 15 is 0 Å². The number of likely N-dealkylation sites (tertiary alicyclic amines) is 1. The Morgan fingerprint density at radius 1 is 1.34 bits per heavy atom. The Hall–Kier alpha value is -2.67. The van der Waals surface area contributed by atoms with Gasteiger partial charge < -0.3 is 14.9 Å². The van der Waals surface area contributed by atoms with Gasteiger partial charge >= 0.3 is 0 Å². The second kappa shape index (κ2) is 7.99. The highest BCUT2D eigenvalue weighted by Crippen LogP contribution is 2.40. The third-order valence-corrected chi connectivity index (χ3v) is 6.05. The quantitative estimate of drug-likeness (QED) is 0.761. The number of amides is 1. The fourth-order valence-electron chi connectivity index (χ4n) is 4.69. The zero-order valence-electron chi connectivity index (χ0n) is 17.3. The van der Waals surface area contributed by atoms with Crippen molar-refractivity contribution in [3.8, 4) is 0 Å². The van der Waals surface area contributed by atoms with E-state index < -0.39 is 0 Å². The van der Waals surface area contributed by atoms with Crippen LogP contribution in [0.1, 0.15) is 54.2 Å². The van der Waals surface area contributed by atoms with E-state index in [4.69, 9.17) is 0 Å². The van der Waals surface area contributed by atoms with Crippen molar-refractivity contribution in [3.63, 3.8) is 0 Å². The smallest absolute Gasteiger partial charge is 0.269 e. The van der Waals surface area contributed by atoms with Gasteiger partial charge in [0.2, 0.25) is 0 Å². The molecule has 2 N–H and O–H groups in total. The van der Waals surface area contributed by atoms with Gasteiger partial charge in [-0.2, -0.15) is 0 Å². The number of H-pyrrole nitrogens is 1. The highest BCUT2D eigenvalue weighted by molar-refractivity contribution is 5.92. The van der Waals surface area contributed by atoms with E-state index in [9.17, 15) is 9.59 Å². The summed E-state index contributed by atoms with van der Waals surface area (Å²) in [7, 11) is 0. The second-order valence-corrected chi connectivity index (χ2v) is 8.51. The number of nitrogens with one attached hydrogen (secondary N) is 2. The van der Waals surface area contributed by atoms with E-state index in [1.165, 1.54) is 5.57 Å². The third-order valence-electron chi connectivity index (χ3n) is 6.05. The zero-order chi connectivity index (χ0) is 20.5. The lowest BCUT2D eigenvalue weighted by Gasteiger charge is -2.47. The SMILES string of the molecule is CC(C)=CCN1C[C@H]2C[C@@H](C1)[C@H](CNC(=O)c1cnc(C)[nH]1)n1c2cccc1=O. The summed E-state index contributed by atoms with van der Waals surface area (Å²) in [5.41, 5.74) is 2.88. The summed E-state index contributed by atoms with van der Waals surface area (Å²) in [5, 5.41) is 3.02. The monoisotopic (exact) mass is 395 g/mol. The van der Waals surface area contributed by atoms with E-state index in [0.29, 0.717) is 29.9 Å². The first-order valence-corrected chi connectivity index (χ1v) is 10.3. The number of pyridine rings is 1. The second-order valence-electron chi connectivity index (χ2n) is 8.51. The predicted molar refractivity (Wildman–Crippen MR) is 112 cm³/mol. The normalized spacial score (nSPS) is 23.3. The van der Waals surface area contributed by atoms with Gasteiger partial charge in [0.05, 0.1) is 12.2 Å². The van der Waals surface area contributed by atoms with Gasteiger partial charge in [-0.3, -0.25) is 14.5 Å². The minimum absolute atomic E-state index is 0.0200. The first kappa shape index (κ1) is 19.6. The zero-order valence-corrected chi connectivity index (χ0v) is 17.3. The van der Waals surface area contributed by atoms with Crippen LogP contribution in [0.4, 0.5) is 0 Å². The molecule has 7 heteroatoms. The first-order chi connectivity index (χ1) is 13.9. The molecule has 2 aliphatic heterocycles. The number of aromatic amines is 1. The molecule has 2 bridgehead atoms. The molecule has 0 aromatic carbocycles. The molecule has 29 heavy (non-hydrogen) atoms. The molecule has 3 atom stereocenters. The van der Waals surface area contributed by atoms with Crippen LogP contribution < -0.4 is 10.9 Å². The Kier molecular flexibility index (Phi) is 5.41. The summed E-state index contributed by atoms with van der Waals surface area (Å²) in [6.07, 6.45) is 4.86. The lowest BCUT2D eigenvalue weighted by molar-refractivity contribution is 0.0853. The molecule has 2 aromatic heterocycles. The molecule has 2 aliphatic rings. The highest BCUT2D eigenvalue weighted by Gasteiger charge is 2.40. The van der Waals surface area contributed by atoms with Crippen molar-refractivity contribution in [2.45, 2.75) is 39.2 Å². The van der Waals surface area contributed by atoms with E-state index in [0.717, 1.165) is 31.7 Å². The Bertz CT molecular complexity index is 985. The van der Waals surface area contributed by atoms with Crippen molar-refractivity contribution in [2.75, 3.05) is 26.2 Å². The summed E-state index contributed by atoms with van der Waals surface area (Å²) < 4.78 is 1.93. The maximum atomic E-state index is 12.7. The fourth-order valence-corrected chi connectivity index (χ4v) is 4.69. The van der Waals surface area contributed by atoms with Gasteiger partial charge in [0.1, 0.15) is 11.5 Å². The van der Waals surface area contributed by atoms with Crippen molar-refractivity contribution in [3.05, 3.63) is 63.6 Å². The number of aromatic nitrogens is 3. The summed E-state index contributed by atoms with van der Waals surface area (Å²) in [5.74, 6) is 1.21. The Morgan fingerprint density at radius 2 is 2.17 bits per heavy atom. The minimum atomic E-state index is -0.185. The molecule has 4 rings (SSSR count). The molecule has 7 nitrogen and oxygen atoms in total. The third kappa shape index (κ3) is 4.05. The van der Waals surface area contributed by atoms with Gasteiger partial charge in [-0.15, -0.1) is 0 Å². The molecule has 0 radical (unpaired) electrons. The fraction of sp³-hybridized carbons (Fsp3) is 0.500. The summed E-state index contributed by atoms with van der Waals surface area (Å²) in [6.45, 7) is 9.32. The number of nitrogens with zero attached hydrogens (tertiary/aromatic N) is 3. The molecular weight excluding hydrogens is 366 g/mol. The highest BCUT2D eigenvalue weighted by atomic mass is 16.2. The van der Waals surface area contributed by atoms with Crippen LogP contribution in [-0.4, -0.2) is 51.5 Å². The van der Waals surface area contributed by atoms with Gasteiger partial charge in [0.25, 0.3) is 11.5 Å². The topological polar surface area (TPSA) is 83.0 Å². The number of carbonyl (C=O) groups is 1. The summed E-state index contributed by atoms with van der Waals surface area (Å²) in [6, 6.07) is 5.50. The number of hydrogen-bond acceptors (Lipinski definition) is 4. The Morgan fingerprint density at radius 3 is 2.90 bits per heavy atom. The number of fused-ring (bicyclic) bond motifs is 4. The Labute approximate surface area is 170 Å². The number of hydrogen-bond donors (Lipinski definition) is 2. The van der Waals surface area contributed by atoms with Crippen LogP contribution in [0.15, 0.2) is 40.8 Å². The van der Waals surface area contributed by atoms with Gasteiger partial charge in [0.15, 0.2) is 0 Å². The van der Waals surface area contributed by atoms with Crippen molar-refractivity contribution in [1.29, 1.82) is 0 Å². The molecule has 0 saturated carbocycles. The summed E-state index contributed by atoms with van der Waals surface area (Å²) in [4.78, 5) is 34.8. The minimum Gasteiger partial charge on any atom is -0.349 e.